The lowest BCUT2D eigenvalue weighted by atomic mass is 9.95. The van der Waals surface area contributed by atoms with E-state index in [0.717, 1.165) is 0 Å². The van der Waals surface area contributed by atoms with E-state index in [9.17, 15) is 9.18 Å². The van der Waals surface area contributed by atoms with Crippen LogP contribution in [0.1, 0.15) is 24.3 Å². The van der Waals surface area contributed by atoms with Gasteiger partial charge in [-0.1, -0.05) is 42.5 Å². The molecule has 5 heteroatoms. The van der Waals surface area contributed by atoms with E-state index in [2.05, 4.69) is 12.1 Å². The Bertz CT molecular complexity index is 708. The van der Waals surface area contributed by atoms with Gasteiger partial charge in [0.1, 0.15) is 0 Å². The van der Waals surface area contributed by atoms with Crippen LogP contribution in [0.5, 0.6) is 5.75 Å². The van der Waals surface area contributed by atoms with E-state index in [-0.39, 0.29) is 29.4 Å². The number of nitrogens with zero attached hydrogens (tertiary/aromatic N) is 1. The molecule has 1 aliphatic rings. The highest BCUT2D eigenvalue weighted by atomic mass is 19.1. The molecular weight excluding hydrogens is 319 g/mol. The zero-order chi connectivity index (χ0) is 17.6. The second-order valence-electron chi connectivity index (χ2n) is 6.36. The van der Waals surface area contributed by atoms with Gasteiger partial charge in [-0.2, -0.15) is 0 Å². The molecule has 132 valence electrons. The average Bonchev–Trinajstić information content (AvgIpc) is 3.02. The second-order valence-corrected chi connectivity index (χ2v) is 6.36. The van der Waals surface area contributed by atoms with Crippen LogP contribution >= 0.6 is 0 Å². The molecule has 1 saturated heterocycles. The number of hydrogen-bond acceptors (Lipinski definition) is 3. The van der Waals surface area contributed by atoms with Crippen molar-refractivity contribution in [3.63, 3.8) is 0 Å². The number of amides is 1. The maximum atomic E-state index is 13.5. The molecular formula is C20H23FN2O2. The van der Waals surface area contributed by atoms with Crippen molar-refractivity contribution in [1.29, 1.82) is 0 Å². The Morgan fingerprint density at radius 2 is 1.84 bits per heavy atom. The second kappa shape index (κ2) is 8.12. The molecule has 2 N–H and O–H groups in total. The summed E-state index contributed by atoms with van der Waals surface area (Å²) < 4.78 is 18.8. The topological polar surface area (TPSA) is 55.6 Å². The van der Waals surface area contributed by atoms with Crippen molar-refractivity contribution in [2.45, 2.75) is 24.8 Å². The van der Waals surface area contributed by atoms with E-state index in [4.69, 9.17) is 10.5 Å². The Hall–Kier alpha value is -2.40. The molecule has 1 amide bonds. The summed E-state index contributed by atoms with van der Waals surface area (Å²) in [6, 6.07) is 16.3. The summed E-state index contributed by atoms with van der Waals surface area (Å²) in [6.07, 6.45) is 0.928. The number of nitrogens with two attached hydrogens (primary N) is 1. The Labute approximate surface area is 147 Å². The van der Waals surface area contributed by atoms with Crippen LogP contribution in [0, 0.1) is 5.82 Å². The summed E-state index contributed by atoms with van der Waals surface area (Å²) in [7, 11) is 0. The van der Waals surface area contributed by atoms with Crippen molar-refractivity contribution in [3.8, 4) is 5.75 Å². The molecule has 2 aromatic carbocycles. The number of ether oxygens (including phenoxy) is 1. The van der Waals surface area contributed by atoms with Gasteiger partial charge in [0.25, 0.3) is 0 Å². The van der Waals surface area contributed by atoms with Gasteiger partial charge in [0.15, 0.2) is 11.6 Å². The fraction of sp³-hybridized carbons (Fsp3) is 0.350. The van der Waals surface area contributed by atoms with Crippen molar-refractivity contribution < 1.29 is 13.9 Å². The molecule has 0 bridgehead atoms. The minimum atomic E-state index is -0.384. The standard InChI is InChI=1S/C20H23FN2O2/c21-17-9-4-5-10-19(17)25-12-6-11-20(24)23-13-16(18(22)14-23)15-7-2-1-3-8-15/h1-5,7-10,16,18H,6,11-14,22H2/t16-,18+/m0/s1. The summed E-state index contributed by atoms with van der Waals surface area (Å²) in [5, 5.41) is 0. The molecule has 0 saturated carbocycles. The van der Waals surface area contributed by atoms with E-state index >= 15 is 0 Å². The Morgan fingerprint density at radius 3 is 2.60 bits per heavy atom. The molecule has 3 rings (SSSR count). The summed E-state index contributed by atoms with van der Waals surface area (Å²) in [4.78, 5) is 14.2. The molecule has 1 aliphatic heterocycles. The minimum Gasteiger partial charge on any atom is -0.491 e. The van der Waals surface area contributed by atoms with Crippen molar-refractivity contribution >= 4 is 5.91 Å². The van der Waals surface area contributed by atoms with Crippen molar-refractivity contribution in [2.24, 2.45) is 5.73 Å². The van der Waals surface area contributed by atoms with Crippen molar-refractivity contribution in [1.82, 2.24) is 4.90 Å². The molecule has 0 aliphatic carbocycles. The third kappa shape index (κ3) is 4.37. The number of rotatable bonds is 6. The normalized spacial score (nSPS) is 19.8. The first-order valence-corrected chi connectivity index (χ1v) is 8.61. The van der Waals surface area contributed by atoms with Crippen LogP contribution in [0.15, 0.2) is 54.6 Å². The number of para-hydroxylation sites is 1. The molecule has 0 spiro atoms. The van der Waals surface area contributed by atoms with E-state index in [1.807, 2.05) is 23.1 Å². The zero-order valence-electron chi connectivity index (χ0n) is 14.1. The maximum Gasteiger partial charge on any atom is 0.222 e. The minimum absolute atomic E-state index is 0.0407. The van der Waals surface area contributed by atoms with Gasteiger partial charge >= 0.3 is 0 Å². The van der Waals surface area contributed by atoms with Gasteiger partial charge < -0.3 is 15.4 Å². The van der Waals surface area contributed by atoms with Crippen LogP contribution < -0.4 is 10.5 Å². The molecule has 25 heavy (non-hydrogen) atoms. The lowest BCUT2D eigenvalue weighted by Gasteiger charge is -2.16. The predicted octanol–water partition coefficient (Wildman–Crippen LogP) is 2.94. The highest BCUT2D eigenvalue weighted by Gasteiger charge is 2.33. The molecule has 1 heterocycles. The molecule has 0 aromatic heterocycles. The zero-order valence-corrected chi connectivity index (χ0v) is 14.1. The number of halogens is 1. The average molecular weight is 342 g/mol. The predicted molar refractivity (Wildman–Crippen MR) is 94.9 cm³/mol. The maximum absolute atomic E-state index is 13.5. The molecule has 0 radical (unpaired) electrons. The van der Waals surface area contributed by atoms with Crippen LogP contribution in [0.3, 0.4) is 0 Å². The number of carbonyl (C=O) groups excluding carboxylic acids is 1. The Kier molecular flexibility index (Phi) is 5.66. The first-order valence-electron chi connectivity index (χ1n) is 8.61. The lowest BCUT2D eigenvalue weighted by molar-refractivity contribution is -0.130. The fourth-order valence-electron chi connectivity index (χ4n) is 3.21. The van der Waals surface area contributed by atoms with E-state index in [1.54, 1.807) is 18.2 Å². The number of likely N-dealkylation sites (tertiary alicyclic amines) is 1. The molecule has 0 unspecified atom stereocenters. The number of hydrogen-bond donors (Lipinski definition) is 1. The lowest BCUT2D eigenvalue weighted by Crippen LogP contribution is -2.32. The van der Waals surface area contributed by atoms with Crippen LogP contribution in [0.25, 0.3) is 0 Å². The quantitative estimate of drug-likeness (QED) is 0.821. The van der Waals surface area contributed by atoms with Gasteiger partial charge in [0, 0.05) is 31.5 Å². The number of benzene rings is 2. The third-order valence-electron chi connectivity index (χ3n) is 4.57. The summed E-state index contributed by atoms with van der Waals surface area (Å²) in [5.41, 5.74) is 7.40. The largest absolute Gasteiger partial charge is 0.491 e. The third-order valence-corrected chi connectivity index (χ3v) is 4.57. The molecule has 2 aromatic rings. The van der Waals surface area contributed by atoms with Gasteiger partial charge in [-0.3, -0.25) is 4.79 Å². The number of carbonyl (C=O) groups is 1. The summed E-state index contributed by atoms with van der Waals surface area (Å²) in [5.74, 6) is 0.0955. The monoisotopic (exact) mass is 342 g/mol. The van der Waals surface area contributed by atoms with Crippen LogP contribution in [0.2, 0.25) is 0 Å². The fourth-order valence-corrected chi connectivity index (χ4v) is 3.21. The van der Waals surface area contributed by atoms with Gasteiger partial charge in [-0.25, -0.2) is 4.39 Å². The van der Waals surface area contributed by atoms with Crippen LogP contribution in [0.4, 0.5) is 4.39 Å². The highest BCUT2D eigenvalue weighted by Crippen LogP contribution is 2.26. The highest BCUT2D eigenvalue weighted by molar-refractivity contribution is 5.76. The SMILES string of the molecule is N[C@@H]1CN(C(=O)CCCOc2ccccc2F)C[C@H]1c1ccccc1. The van der Waals surface area contributed by atoms with E-state index in [1.165, 1.54) is 11.6 Å². The van der Waals surface area contributed by atoms with Gasteiger partial charge in [0.05, 0.1) is 6.61 Å². The smallest absolute Gasteiger partial charge is 0.222 e. The van der Waals surface area contributed by atoms with Gasteiger partial charge in [0.2, 0.25) is 5.91 Å². The first kappa shape index (κ1) is 17.4. The summed E-state index contributed by atoms with van der Waals surface area (Å²) >= 11 is 0. The van der Waals surface area contributed by atoms with E-state index < -0.39 is 0 Å². The van der Waals surface area contributed by atoms with E-state index in [0.29, 0.717) is 32.5 Å². The summed E-state index contributed by atoms with van der Waals surface area (Å²) in [6.45, 7) is 1.54. The van der Waals surface area contributed by atoms with Gasteiger partial charge in [-0.15, -0.1) is 0 Å². The Balaban J connectivity index is 1.45. The van der Waals surface area contributed by atoms with Gasteiger partial charge in [-0.05, 0) is 24.1 Å². The van der Waals surface area contributed by atoms with Crippen LogP contribution in [-0.2, 0) is 4.79 Å². The molecule has 4 nitrogen and oxygen atoms in total. The van der Waals surface area contributed by atoms with Crippen LogP contribution in [-0.4, -0.2) is 36.5 Å². The molecule has 2 atom stereocenters. The Morgan fingerprint density at radius 1 is 1.12 bits per heavy atom. The first-order chi connectivity index (χ1) is 12.1. The molecule has 1 fully saturated rings. The van der Waals surface area contributed by atoms with Crippen molar-refractivity contribution in [2.75, 3.05) is 19.7 Å². The van der Waals surface area contributed by atoms with Crippen molar-refractivity contribution in [3.05, 3.63) is 66.0 Å².